The third-order valence-electron chi connectivity index (χ3n) is 3.03. The molecule has 24 heavy (non-hydrogen) atoms. The monoisotopic (exact) mass is 345 g/mol. The van der Waals surface area contributed by atoms with E-state index in [-0.39, 0.29) is 12.6 Å². The molecular weight excluding hydrogens is 330 g/mol. The van der Waals surface area contributed by atoms with Crippen LogP contribution in [-0.2, 0) is 4.74 Å². The van der Waals surface area contributed by atoms with Gasteiger partial charge in [-0.15, -0.1) is 5.10 Å². The summed E-state index contributed by atoms with van der Waals surface area (Å²) in [5.41, 5.74) is 7.65. The molecule has 2 aromatic rings. The lowest BCUT2D eigenvalue weighted by molar-refractivity contribution is 0.318. The molecule has 0 saturated carbocycles. The van der Waals surface area contributed by atoms with Gasteiger partial charge in [0.15, 0.2) is 12.6 Å². The minimum Gasteiger partial charge on any atom is -0.455 e. The number of nitrogens with two attached hydrogens (primary N) is 1. The van der Waals surface area contributed by atoms with Gasteiger partial charge in [-0.3, -0.25) is 0 Å². The van der Waals surface area contributed by atoms with Crippen molar-refractivity contribution in [1.82, 2.24) is 0 Å². The smallest absolute Gasteiger partial charge is 0.242 e. The molecule has 124 valence electrons. The van der Waals surface area contributed by atoms with E-state index < -0.39 is 0 Å². The molecule has 0 aromatic heterocycles. The first-order valence-corrected chi connectivity index (χ1v) is 7.26. The molecular formula is C16H16ClN5O2. The van der Waals surface area contributed by atoms with Crippen molar-refractivity contribution in [3.8, 4) is 0 Å². The number of amidine groups is 1. The van der Waals surface area contributed by atoms with Gasteiger partial charge in [-0.1, -0.05) is 16.8 Å². The minimum atomic E-state index is 0.0482. The molecule has 0 spiro atoms. The van der Waals surface area contributed by atoms with Crippen LogP contribution in [0.25, 0.3) is 0 Å². The molecule has 0 bridgehead atoms. The number of rotatable bonds is 6. The van der Waals surface area contributed by atoms with Crippen molar-refractivity contribution in [2.75, 3.05) is 12.0 Å². The number of anilines is 1. The predicted octanol–water partition coefficient (Wildman–Crippen LogP) is 2.88. The lowest BCUT2D eigenvalue weighted by Gasteiger charge is -2.11. The van der Waals surface area contributed by atoms with Gasteiger partial charge in [0.05, 0.1) is 0 Å². The maximum absolute atomic E-state index is 8.63. The van der Waals surface area contributed by atoms with Crippen molar-refractivity contribution in [2.45, 2.75) is 0 Å². The van der Waals surface area contributed by atoms with Crippen LogP contribution < -0.4 is 11.1 Å². The Balaban J connectivity index is 1.97. The van der Waals surface area contributed by atoms with E-state index in [1.807, 2.05) is 0 Å². The Morgan fingerprint density at radius 3 is 2.33 bits per heavy atom. The van der Waals surface area contributed by atoms with Crippen LogP contribution in [0.5, 0.6) is 0 Å². The Morgan fingerprint density at radius 1 is 1.12 bits per heavy atom. The maximum atomic E-state index is 8.63. The van der Waals surface area contributed by atoms with Crippen LogP contribution in [0.2, 0.25) is 5.02 Å². The molecule has 7 nitrogen and oxygen atoms in total. The molecule has 0 atom stereocenters. The third kappa shape index (κ3) is 4.72. The maximum Gasteiger partial charge on any atom is 0.242 e. The van der Waals surface area contributed by atoms with E-state index in [9.17, 15) is 0 Å². The fourth-order valence-electron chi connectivity index (χ4n) is 1.83. The molecule has 8 heteroatoms. The van der Waals surface area contributed by atoms with Crippen molar-refractivity contribution in [1.29, 1.82) is 0 Å². The molecule has 0 aliphatic heterocycles. The number of ether oxygens (including phenoxy) is 1. The topological polar surface area (TPSA) is 105 Å². The lowest BCUT2D eigenvalue weighted by atomic mass is 10.2. The van der Waals surface area contributed by atoms with Crippen LogP contribution >= 0.6 is 11.6 Å². The molecule has 0 aliphatic rings. The van der Waals surface area contributed by atoms with Gasteiger partial charge >= 0.3 is 0 Å². The van der Waals surface area contributed by atoms with Crippen molar-refractivity contribution < 1.29 is 9.94 Å². The second-order valence-corrected chi connectivity index (χ2v) is 5.02. The number of nitrogens with zero attached hydrogens (tertiary/aromatic N) is 3. The van der Waals surface area contributed by atoms with Crippen molar-refractivity contribution in [2.24, 2.45) is 21.1 Å². The van der Waals surface area contributed by atoms with Gasteiger partial charge in [-0.2, -0.15) is 5.10 Å². The zero-order valence-electron chi connectivity index (χ0n) is 12.7. The second kappa shape index (κ2) is 8.54. The highest BCUT2D eigenvalue weighted by atomic mass is 35.5. The Kier molecular flexibility index (Phi) is 6.16. The molecule has 0 heterocycles. The summed E-state index contributed by atoms with van der Waals surface area (Å²) in [5.74, 6) is 0.370. The Hall–Kier alpha value is -3.06. The molecule has 0 aliphatic carbocycles. The quantitative estimate of drug-likeness (QED) is 0.246. The summed E-state index contributed by atoms with van der Waals surface area (Å²) in [7, 11) is 0. The van der Waals surface area contributed by atoms with Crippen LogP contribution in [0.1, 0.15) is 11.1 Å². The molecule has 0 saturated heterocycles. The molecule has 0 fully saturated rings. The van der Waals surface area contributed by atoms with Gasteiger partial charge in [0, 0.05) is 28.6 Å². The van der Waals surface area contributed by atoms with E-state index in [4.69, 9.17) is 27.3 Å². The average molecular weight is 346 g/mol. The number of oxime groups is 1. The van der Waals surface area contributed by atoms with Gasteiger partial charge in [0.1, 0.15) is 0 Å². The highest BCUT2D eigenvalue weighted by molar-refractivity contribution is 6.30. The van der Waals surface area contributed by atoms with Gasteiger partial charge in [0.2, 0.25) is 5.90 Å². The largest absolute Gasteiger partial charge is 0.455 e. The van der Waals surface area contributed by atoms with Crippen molar-refractivity contribution in [3.05, 3.63) is 64.7 Å². The molecule has 0 amide bonds. The van der Waals surface area contributed by atoms with Crippen molar-refractivity contribution in [3.63, 3.8) is 0 Å². The van der Waals surface area contributed by atoms with E-state index in [0.29, 0.717) is 16.5 Å². The normalized spacial score (nSPS) is 11.9. The number of hydrogen-bond donors (Lipinski definition) is 3. The van der Waals surface area contributed by atoms with Gasteiger partial charge in [-0.25, -0.2) is 0 Å². The zero-order valence-corrected chi connectivity index (χ0v) is 13.4. The molecule has 2 aromatic carbocycles. The van der Waals surface area contributed by atoms with Crippen LogP contribution in [0, 0.1) is 0 Å². The summed E-state index contributed by atoms with van der Waals surface area (Å²) in [5, 5.41) is 22.6. The molecule has 4 N–H and O–H groups in total. The summed E-state index contributed by atoms with van der Waals surface area (Å²) in [6.45, 7) is 3.50. The van der Waals surface area contributed by atoms with Crippen LogP contribution in [0.4, 0.5) is 5.69 Å². The molecule has 0 radical (unpaired) electrons. The van der Waals surface area contributed by atoms with E-state index in [1.165, 1.54) is 0 Å². The summed E-state index contributed by atoms with van der Waals surface area (Å²) in [4.78, 5) is 0. The van der Waals surface area contributed by atoms with Gasteiger partial charge in [0.25, 0.3) is 0 Å². The number of halogens is 1. The third-order valence-corrected chi connectivity index (χ3v) is 3.28. The fraction of sp³-hybridized carbons (Fsp3) is 0.0625. The summed E-state index contributed by atoms with van der Waals surface area (Å²) < 4.78 is 5.58. The summed E-state index contributed by atoms with van der Waals surface area (Å²) >= 11 is 5.86. The summed E-state index contributed by atoms with van der Waals surface area (Å²) in [6, 6.07) is 14.0. The highest BCUT2D eigenvalue weighted by Crippen LogP contribution is 2.12. The first kappa shape index (κ1) is 17.3. The summed E-state index contributed by atoms with van der Waals surface area (Å²) in [6.07, 6.45) is 0. The van der Waals surface area contributed by atoms with E-state index >= 15 is 0 Å². The SMILES string of the molecule is C=N/N=C(\OCNc1ccc(/C(N)=N/O)cc1)c1ccc(Cl)cc1. The van der Waals surface area contributed by atoms with E-state index in [1.54, 1.807) is 48.5 Å². The van der Waals surface area contributed by atoms with Crippen LogP contribution in [-0.4, -0.2) is 30.4 Å². The first-order chi connectivity index (χ1) is 11.6. The number of nitrogens with one attached hydrogen (secondary N) is 1. The Morgan fingerprint density at radius 2 is 1.75 bits per heavy atom. The number of hydrogen-bond acceptors (Lipinski definition) is 6. The average Bonchev–Trinajstić information content (AvgIpc) is 2.61. The highest BCUT2D eigenvalue weighted by Gasteiger charge is 2.05. The second-order valence-electron chi connectivity index (χ2n) is 4.58. The zero-order chi connectivity index (χ0) is 17.4. The van der Waals surface area contributed by atoms with Gasteiger partial charge < -0.3 is 21.0 Å². The lowest BCUT2D eigenvalue weighted by Crippen LogP contribution is -2.14. The van der Waals surface area contributed by atoms with Crippen LogP contribution in [0.3, 0.4) is 0 Å². The fourth-order valence-corrected chi connectivity index (χ4v) is 1.96. The minimum absolute atomic E-state index is 0.0482. The standard InChI is InChI=1S/C16H16ClN5O2/c1-19-21-16(12-2-6-13(17)7-3-12)24-10-20-14-8-4-11(5-9-14)15(18)22-23/h2-9,20,23H,1,10H2,(H2,18,22)/b21-16-. The number of benzene rings is 2. The van der Waals surface area contributed by atoms with Crippen LogP contribution in [0.15, 0.2) is 63.9 Å². The van der Waals surface area contributed by atoms with Gasteiger partial charge in [-0.05, 0) is 48.5 Å². The predicted molar refractivity (Wildman–Crippen MR) is 96.1 cm³/mol. The Labute approximate surface area is 144 Å². The molecule has 0 unspecified atom stereocenters. The first-order valence-electron chi connectivity index (χ1n) is 6.88. The Bertz CT molecular complexity index is 742. The van der Waals surface area contributed by atoms with E-state index in [2.05, 4.69) is 27.4 Å². The molecule has 2 rings (SSSR count). The van der Waals surface area contributed by atoms with Crippen molar-refractivity contribution >= 4 is 35.7 Å². The van der Waals surface area contributed by atoms with E-state index in [0.717, 1.165) is 11.3 Å².